The fourth-order valence-corrected chi connectivity index (χ4v) is 3.89. The van der Waals surface area contributed by atoms with Crippen LogP contribution >= 0.6 is 0 Å². The number of carbonyl (C=O) groups excluding carboxylic acids is 2. The summed E-state index contributed by atoms with van der Waals surface area (Å²) in [6, 6.07) is 20.7. The lowest BCUT2D eigenvalue weighted by Gasteiger charge is -2.37. The van der Waals surface area contributed by atoms with Gasteiger partial charge in [-0.2, -0.15) is 0 Å². The molecule has 3 aromatic carbocycles. The van der Waals surface area contributed by atoms with Crippen LogP contribution in [0.1, 0.15) is 29.7 Å². The Balaban J connectivity index is 1.56. The largest absolute Gasteiger partial charge is 0.484 e. The minimum atomic E-state index is -0.330. The average Bonchev–Trinajstić information content (AvgIpc) is 2.78. The van der Waals surface area contributed by atoms with E-state index in [-0.39, 0.29) is 30.3 Å². The average molecular weight is 418 g/mol. The van der Waals surface area contributed by atoms with E-state index in [0.717, 1.165) is 23.1 Å². The molecule has 1 heterocycles. The number of para-hydroxylation sites is 1. The van der Waals surface area contributed by atoms with Crippen LogP contribution < -0.4 is 10.1 Å². The number of amides is 2. The van der Waals surface area contributed by atoms with Gasteiger partial charge in [-0.3, -0.25) is 9.59 Å². The van der Waals surface area contributed by atoms with Gasteiger partial charge in [0.2, 0.25) is 5.91 Å². The van der Waals surface area contributed by atoms with E-state index < -0.39 is 0 Å². The van der Waals surface area contributed by atoms with Crippen molar-refractivity contribution >= 4 is 17.5 Å². The third-order valence-corrected chi connectivity index (χ3v) is 5.36. The summed E-state index contributed by atoms with van der Waals surface area (Å²) < 4.78 is 19.2. The molecule has 4 rings (SSSR count). The molecule has 158 valence electrons. The standard InChI is InChI=1S/C25H23FN2O3/c1-17(29)28-14-13-18-9-12-22(31-16-24(30)27-21-5-3-2-4-6-21)15-23(18)25(28)19-7-10-20(26)11-8-19/h2-12,15,25H,13-14,16H2,1H3,(H,27,30). The van der Waals surface area contributed by atoms with Crippen LogP contribution in [-0.4, -0.2) is 29.9 Å². The Morgan fingerprint density at radius 1 is 1.06 bits per heavy atom. The molecule has 0 saturated heterocycles. The Labute approximate surface area is 180 Å². The van der Waals surface area contributed by atoms with E-state index in [1.165, 1.54) is 19.1 Å². The number of nitrogens with zero attached hydrogens (tertiary/aromatic N) is 1. The summed E-state index contributed by atoms with van der Waals surface area (Å²) in [5.41, 5.74) is 3.56. The number of ether oxygens (including phenoxy) is 1. The summed E-state index contributed by atoms with van der Waals surface area (Å²) in [4.78, 5) is 26.3. The highest BCUT2D eigenvalue weighted by Crippen LogP contribution is 2.37. The minimum absolute atomic E-state index is 0.0477. The highest BCUT2D eigenvalue weighted by atomic mass is 19.1. The zero-order valence-corrected chi connectivity index (χ0v) is 17.2. The van der Waals surface area contributed by atoms with Gasteiger partial charge in [-0.25, -0.2) is 4.39 Å². The van der Waals surface area contributed by atoms with Crippen LogP contribution in [0.2, 0.25) is 0 Å². The lowest BCUT2D eigenvalue weighted by molar-refractivity contribution is -0.130. The lowest BCUT2D eigenvalue weighted by atomic mass is 9.88. The third kappa shape index (κ3) is 4.74. The zero-order chi connectivity index (χ0) is 21.8. The maximum atomic E-state index is 13.5. The van der Waals surface area contributed by atoms with E-state index >= 15 is 0 Å². The number of nitrogens with one attached hydrogen (secondary N) is 1. The normalized spacial score (nSPS) is 15.2. The Morgan fingerprint density at radius 3 is 2.52 bits per heavy atom. The molecular weight excluding hydrogens is 395 g/mol. The number of benzene rings is 3. The molecule has 1 aliphatic heterocycles. The van der Waals surface area contributed by atoms with Gasteiger partial charge < -0.3 is 15.0 Å². The topological polar surface area (TPSA) is 58.6 Å². The molecule has 1 N–H and O–H groups in total. The molecule has 1 aliphatic rings. The molecule has 0 fully saturated rings. The highest BCUT2D eigenvalue weighted by Gasteiger charge is 2.30. The molecule has 1 unspecified atom stereocenters. The molecule has 0 aromatic heterocycles. The maximum absolute atomic E-state index is 13.5. The number of carbonyl (C=O) groups is 2. The van der Waals surface area contributed by atoms with Gasteiger partial charge >= 0.3 is 0 Å². The van der Waals surface area contributed by atoms with Gasteiger partial charge in [0.05, 0.1) is 6.04 Å². The molecule has 1 atom stereocenters. The van der Waals surface area contributed by atoms with Gasteiger partial charge in [-0.05, 0) is 59.5 Å². The van der Waals surface area contributed by atoms with Crippen LogP contribution in [0.15, 0.2) is 72.8 Å². The summed E-state index contributed by atoms with van der Waals surface area (Å²) in [6.07, 6.45) is 0.724. The Hall–Kier alpha value is -3.67. The minimum Gasteiger partial charge on any atom is -0.484 e. The number of anilines is 1. The molecule has 0 aliphatic carbocycles. The van der Waals surface area contributed by atoms with Crippen molar-refractivity contribution in [1.82, 2.24) is 4.90 Å². The maximum Gasteiger partial charge on any atom is 0.262 e. The summed E-state index contributed by atoms with van der Waals surface area (Å²) in [5, 5.41) is 2.78. The second-order valence-electron chi connectivity index (χ2n) is 7.48. The Kier molecular flexibility index (Phi) is 5.98. The summed E-state index contributed by atoms with van der Waals surface area (Å²) in [6.45, 7) is 1.99. The fraction of sp³-hybridized carbons (Fsp3) is 0.200. The van der Waals surface area contributed by atoms with Crippen LogP contribution in [0.4, 0.5) is 10.1 Å². The lowest BCUT2D eigenvalue weighted by Crippen LogP contribution is -2.39. The van der Waals surface area contributed by atoms with E-state index in [9.17, 15) is 14.0 Å². The van der Waals surface area contributed by atoms with Crippen molar-refractivity contribution in [2.45, 2.75) is 19.4 Å². The first-order valence-corrected chi connectivity index (χ1v) is 10.1. The van der Waals surface area contributed by atoms with Crippen molar-refractivity contribution in [1.29, 1.82) is 0 Å². The molecule has 31 heavy (non-hydrogen) atoms. The molecule has 0 spiro atoms. The molecule has 6 heteroatoms. The predicted molar refractivity (Wildman–Crippen MR) is 116 cm³/mol. The van der Waals surface area contributed by atoms with Gasteiger partial charge in [0.25, 0.3) is 5.91 Å². The molecular formula is C25H23FN2O3. The van der Waals surface area contributed by atoms with Crippen molar-refractivity contribution in [3.8, 4) is 5.75 Å². The van der Waals surface area contributed by atoms with Gasteiger partial charge in [0, 0.05) is 19.2 Å². The fourth-order valence-electron chi connectivity index (χ4n) is 3.89. The van der Waals surface area contributed by atoms with Crippen LogP contribution in [0.25, 0.3) is 0 Å². The predicted octanol–water partition coefficient (Wildman–Crippen LogP) is 4.34. The van der Waals surface area contributed by atoms with Crippen LogP contribution in [0, 0.1) is 5.82 Å². The van der Waals surface area contributed by atoms with Gasteiger partial charge in [0.15, 0.2) is 6.61 Å². The van der Waals surface area contributed by atoms with Gasteiger partial charge in [0.1, 0.15) is 11.6 Å². The van der Waals surface area contributed by atoms with E-state index in [0.29, 0.717) is 18.0 Å². The number of hydrogen-bond donors (Lipinski definition) is 1. The van der Waals surface area contributed by atoms with E-state index in [1.807, 2.05) is 36.4 Å². The summed E-state index contributed by atoms with van der Waals surface area (Å²) in [5.74, 6) is -0.0898. The van der Waals surface area contributed by atoms with E-state index in [4.69, 9.17) is 4.74 Å². The molecule has 0 saturated carbocycles. The van der Waals surface area contributed by atoms with Gasteiger partial charge in [-0.1, -0.05) is 36.4 Å². The van der Waals surface area contributed by atoms with Crippen molar-refractivity contribution in [3.05, 3.63) is 95.3 Å². The van der Waals surface area contributed by atoms with E-state index in [2.05, 4.69) is 5.32 Å². The molecule has 2 amide bonds. The van der Waals surface area contributed by atoms with Crippen LogP contribution in [0.5, 0.6) is 5.75 Å². The molecule has 5 nitrogen and oxygen atoms in total. The third-order valence-electron chi connectivity index (χ3n) is 5.36. The quantitative estimate of drug-likeness (QED) is 0.671. The number of halogens is 1. The van der Waals surface area contributed by atoms with Crippen LogP contribution in [-0.2, 0) is 16.0 Å². The Bertz CT molecular complexity index is 1080. The van der Waals surface area contributed by atoms with Crippen molar-refractivity contribution in [3.63, 3.8) is 0 Å². The van der Waals surface area contributed by atoms with Crippen molar-refractivity contribution < 1.29 is 18.7 Å². The van der Waals surface area contributed by atoms with Crippen molar-refractivity contribution in [2.75, 3.05) is 18.5 Å². The molecule has 3 aromatic rings. The second kappa shape index (κ2) is 9.00. The molecule has 0 bridgehead atoms. The Morgan fingerprint density at radius 2 is 1.81 bits per heavy atom. The van der Waals surface area contributed by atoms with Crippen LogP contribution in [0.3, 0.4) is 0 Å². The number of hydrogen-bond acceptors (Lipinski definition) is 3. The van der Waals surface area contributed by atoms with Gasteiger partial charge in [-0.15, -0.1) is 0 Å². The van der Waals surface area contributed by atoms with E-state index in [1.54, 1.807) is 29.2 Å². The SMILES string of the molecule is CC(=O)N1CCc2ccc(OCC(=O)Nc3ccccc3)cc2C1c1ccc(F)cc1. The second-order valence-corrected chi connectivity index (χ2v) is 7.48. The van der Waals surface area contributed by atoms with Crippen molar-refractivity contribution in [2.24, 2.45) is 0 Å². The molecule has 0 radical (unpaired) electrons. The first-order chi connectivity index (χ1) is 15.0. The zero-order valence-electron chi connectivity index (χ0n) is 17.2. The number of fused-ring (bicyclic) bond motifs is 1. The highest BCUT2D eigenvalue weighted by molar-refractivity contribution is 5.91. The number of rotatable bonds is 5. The smallest absolute Gasteiger partial charge is 0.262 e. The summed E-state index contributed by atoms with van der Waals surface area (Å²) >= 11 is 0. The monoisotopic (exact) mass is 418 g/mol. The summed E-state index contributed by atoms with van der Waals surface area (Å²) in [7, 11) is 0. The first kappa shape index (κ1) is 20.6. The first-order valence-electron chi connectivity index (χ1n) is 10.1.